The number of Topliss-reactive ketones (excluding diaryl/α,β-unsaturated/α-hetero) is 1. The van der Waals surface area contributed by atoms with Crippen molar-refractivity contribution in [3.05, 3.63) is 35.9 Å². The van der Waals surface area contributed by atoms with Crippen LogP contribution in [0.4, 0.5) is 18.4 Å². The summed E-state index contributed by atoms with van der Waals surface area (Å²) in [5, 5.41) is 5.00. The largest absolute Gasteiger partial charge is 0.444 e. The number of alkyl halides is 2. The lowest BCUT2D eigenvalue weighted by molar-refractivity contribution is -0.130. The molecule has 2 fully saturated rings. The second-order valence-corrected chi connectivity index (χ2v) is 10.9. The van der Waals surface area contributed by atoms with Crippen LogP contribution in [0.25, 0.3) is 0 Å². The molecule has 0 aromatic heterocycles. The van der Waals surface area contributed by atoms with Crippen molar-refractivity contribution in [3.8, 4) is 0 Å². The number of carbonyl (C=O) groups excluding carboxylic acids is 4. The summed E-state index contributed by atoms with van der Waals surface area (Å²) in [6.45, 7) is 6.25. The Morgan fingerprint density at radius 2 is 1.74 bits per heavy atom. The molecule has 10 nitrogen and oxygen atoms in total. The molecule has 3 rings (SSSR count). The quantitative estimate of drug-likeness (QED) is 0.537. The smallest absolute Gasteiger partial charge is 0.410 e. The Bertz CT molecular complexity index is 1010. The van der Waals surface area contributed by atoms with E-state index in [1.165, 1.54) is 9.80 Å². The molecule has 1 aromatic rings. The number of morpholine rings is 1. The molecule has 2 N–H and O–H groups in total. The lowest BCUT2D eigenvalue weighted by atomic mass is 9.99. The van der Waals surface area contributed by atoms with E-state index in [9.17, 15) is 19.2 Å². The van der Waals surface area contributed by atoms with E-state index in [0.717, 1.165) is 0 Å². The topological polar surface area (TPSA) is 117 Å². The van der Waals surface area contributed by atoms with Gasteiger partial charge in [-0.05, 0) is 39.2 Å². The standard InChI is InChI=1S/C27H38F2N4O6/c1-26(2,3)39-25(37)33-11-7-10-20(22(34)18-33)30-23(35)21(31-24(36)32-12-14-38-15-13-32)17-27(28,29)16-19-8-5-4-6-9-19/h4-6,8-9,20-21H,7,10-18H2,1-3H3,(H,30,35)(H,31,36)/t20-,21-/m0/s1. The summed E-state index contributed by atoms with van der Waals surface area (Å²) < 4.78 is 40.8. The van der Waals surface area contributed by atoms with Gasteiger partial charge >= 0.3 is 12.1 Å². The van der Waals surface area contributed by atoms with Crippen LogP contribution in [-0.4, -0.2) is 96.6 Å². The first-order chi connectivity index (χ1) is 18.3. The van der Waals surface area contributed by atoms with Crippen molar-refractivity contribution in [3.63, 3.8) is 0 Å². The Hall–Kier alpha value is -3.28. The van der Waals surface area contributed by atoms with Crippen LogP contribution in [0.1, 0.15) is 45.6 Å². The fourth-order valence-corrected chi connectivity index (χ4v) is 4.41. The van der Waals surface area contributed by atoms with Crippen molar-refractivity contribution in [2.45, 2.75) is 70.1 Å². The zero-order valence-corrected chi connectivity index (χ0v) is 22.7. The average molecular weight is 553 g/mol. The number of ether oxygens (including phenoxy) is 2. The molecule has 1 aromatic carbocycles. The molecular formula is C27H38F2N4O6. The highest BCUT2D eigenvalue weighted by Crippen LogP contribution is 2.26. The third-order valence-electron chi connectivity index (χ3n) is 6.35. The van der Waals surface area contributed by atoms with Crippen molar-refractivity contribution in [1.29, 1.82) is 0 Å². The van der Waals surface area contributed by atoms with E-state index in [1.54, 1.807) is 51.1 Å². The van der Waals surface area contributed by atoms with Crippen molar-refractivity contribution in [2.75, 3.05) is 39.4 Å². The van der Waals surface area contributed by atoms with E-state index in [-0.39, 0.29) is 32.6 Å². The molecular weight excluding hydrogens is 514 g/mol. The third kappa shape index (κ3) is 9.76. The minimum absolute atomic E-state index is 0.217. The van der Waals surface area contributed by atoms with Crippen LogP contribution in [-0.2, 0) is 25.5 Å². The van der Waals surface area contributed by atoms with Crippen molar-refractivity contribution in [1.82, 2.24) is 20.4 Å². The van der Waals surface area contributed by atoms with E-state index in [2.05, 4.69) is 10.6 Å². The van der Waals surface area contributed by atoms with Crippen molar-refractivity contribution in [2.24, 2.45) is 0 Å². The molecule has 2 heterocycles. The average Bonchev–Trinajstić information content (AvgIpc) is 3.04. The van der Waals surface area contributed by atoms with Crippen LogP contribution in [0.5, 0.6) is 0 Å². The van der Waals surface area contributed by atoms with Crippen molar-refractivity contribution >= 4 is 23.8 Å². The van der Waals surface area contributed by atoms with Gasteiger partial charge in [0.25, 0.3) is 5.92 Å². The van der Waals surface area contributed by atoms with E-state index >= 15 is 8.78 Å². The van der Waals surface area contributed by atoms with Crippen LogP contribution in [0, 0.1) is 0 Å². The molecule has 0 aliphatic carbocycles. The van der Waals surface area contributed by atoms with Crippen LogP contribution < -0.4 is 10.6 Å². The maximum absolute atomic E-state index is 15.1. The zero-order valence-electron chi connectivity index (χ0n) is 22.7. The van der Waals surface area contributed by atoms with Gasteiger partial charge in [0, 0.05) is 32.5 Å². The maximum atomic E-state index is 15.1. The van der Waals surface area contributed by atoms with Crippen molar-refractivity contribution < 1.29 is 37.4 Å². The predicted octanol–water partition coefficient (Wildman–Crippen LogP) is 2.75. The second kappa shape index (κ2) is 13.2. The van der Waals surface area contributed by atoms with Gasteiger partial charge in [-0.2, -0.15) is 0 Å². The molecule has 2 aliphatic heterocycles. The first-order valence-electron chi connectivity index (χ1n) is 13.2. The van der Waals surface area contributed by atoms with Gasteiger partial charge < -0.3 is 29.9 Å². The molecule has 216 valence electrons. The molecule has 2 atom stereocenters. The number of amides is 4. The van der Waals surface area contributed by atoms with Gasteiger partial charge in [0.15, 0.2) is 5.78 Å². The fraction of sp³-hybridized carbons (Fsp3) is 0.630. The summed E-state index contributed by atoms with van der Waals surface area (Å²) in [4.78, 5) is 54.1. The van der Waals surface area contributed by atoms with Gasteiger partial charge in [-0.15, -0.1) is 0 Å². The number of rotatable bonds is 7. The summed E-state index contributed by atoms with van der Waals surface area (Å²) in [5.74, 6) is -4.64. The van der Waals surface area contributed by atoms with Gasteiger partial charge in [-0.1, -0.05) is 30.3 Å². The molecule has 0 radical (unpaired) electrons. The molecule has 0 saturated carbocycles. The molecule has 0 bridgehead atoms. The highest BCUT2D eigenvalue weighted by molar-refractivity contribution is 5.94. The van der Waals surface area contributed by atoms with Crippen LogP contribution in [0.3, 0.4) is 0 Å². The van der Waals surface area contributed by atoms with Gasteiger partial charge in [0.1, 0.15) is 11.6 Å². The summed E-state index contributed by atoms with van der Waals surface area (Å²) >= 11 is 0. The Kier molecular flexibility index (Phi) is 10.2. The molecule has 12 heteroatoms. The highest BCUT2D eigenvalue weighted by atomic mass is 19.3. The van der Waals surface area contributed by atoms with E-state index in [0.29, 0.717) is 25.2 Å². The molecule has 2 saturated heterocycles. The number of hydrogen-bond donors (Lipinski definition) is 2. The minimum atomic E-state index is -3.32. The number of nitrogens with one attached hydrogen (secondary N) is 2. The Morgan fingerprint density at radius 1 is 1.08 bits per heavy atom. The monoisotopic (exact) mass is 552 g/mol. The highest BCUT2D eigenvalue weighted by Gasteiger charge is 2.39. The van der Waals surface area contributed by atoms with E-state index < -0.39 is 60.3 Å². The minimum Gasteiger partial charge on any atom is -0.444 e. The fourth-order valence-electron chi connectivity index (χ4n) is 4.41. The van der Waals surface area contributed by atoms with Crippen LogP contribution in [0.15, 0.2) is 30.3 Å². The number of carbonyl (C=O) groups is 4. The summed E-state index contributed by atoms with van der Waals surface area (Å²) in [6.07, 6.45) is -1.59. The Balaban J connectivity index is 1.70. The van der Waals surface area contributed by atoms with Gasteiger partial charge in [-0.25, -0.2) is 18.4 Å². The van der Waals surface area contributed by atoms with Crippen LogP contribution in [0.2, 0.25) is 0 Å². The van der Waals surface area contributed by atoms with E-state index in [1.807, 2.05) is 0 Å². The molecule has 39 heavy (non-hydrogen) atoms. The molecule has 0 spiro atoms. The number of nitrogens with zero attached hydrogens (tertiary/aromatic N) is 2. The number of hydrogen-bond acceptors (Lipinski definition) is 6. The second-order valence-electron chi connectivity index (χ2n) is 10.9. The number of urea groups is 1. The Labute approximate surface area is 227 Å². The number of likely N-dealkylation sites (tertiary alicyclic amines) is 1. The molecule has 4 amide bonds. The number of ketones is 1. The Morgan fingerprint density at radius 3 is 2.38 bits per heavy atom. The normalized spacial score (nSPS) is 19.6. The number of benzene rings is 1. The lowest BCUT2D eigenvalue weighted by Crippen LogP contribution is -2.57. The predicted molar refractivity (Wildman–Crippen MR) is 138 cm³/mol. The third-order valence-corrected chi connectivity index (χ3v) is 6.35. The molecule has 0 unspecified atom stereocenters. The van der Waals surface area contributed by atoms with E-state index in [4.69, 9.17) is 9.47 Å². The number of halogens is 2. The summed E-state index contributed by atoms with van der Waals surface area (Å²) in [5.41, 5.74) is -0.348. The van der Waals surface area contributed by atoms with Gasteiger partial charge in [0.05, 0.1) is 25.8 Å². The first-order valence-corrected chi connectivity index (χ1v) is 13.2. The zero-order chi connectivity index (χ0) is 28.6. The summed E-state index contributed by atoms with van der Waals surface area (Å²) in [7, 11) is 0. The maximum Gasteiger partial charge on any atom is 0.410 e. The molecule has 2 aliphatic rings. The summed E-state index contributed by atoms with van der Waals surface area (Å²) in [6, 6.07) is 4.91. The van der Waals surface area contributed by atoms with Crippen LogP contribution >= 0.6 is 0 Å². The van der Waals surface area contributed by atoms with Gasteiger partial charge in [0.2, 0.25) is 5.91 Å². The van der Waals surface area contributed by atoms with Gasteiger partial charge in [-0.3, -0.25) is 9.59 Å². The first kappa shape index (κ1) is 30.3. The SMILES string of the molecule is CC(C)(C)OC(=O)N1CCC[C@H](NC(=O)[C@H](CC(F)(F)Cc2ccccc2)NC(=O)N2CCOCC2)C(=O)C1. The lowest BCUT2D eigenvalue weighted by Gasteiger charge is -2.31.